The maximum Gasteiger partial charge on any atom is 0.0896 e. The molecule has 2 fully saturated rings. The summed E-state index contributed by atoms with van der Waals surface area (Å²) in [4.78, 5) is 2.36. The second kappa shape index (κ2) is 5.91. The highest BCUT2D eigenvalue weighted by molar-refractivity contribution is 5.02. The minimum Gasteiger partial charge on any atom is -0.390 e. The van der Waals surface area contributed by atoms with Crippen LogP contribution in [-0.4, -0.2) is 60.7 Å². The van der Waals surface area contributed by atoms with Gasteiger partial charge in [-0.15, -0.1) is 0 Å². The first-order valence-electron chi connectivity index (χ1n) is 7.87. The van der Waals surface area contributed by atoms with E-state index in [0.717, 1.165) is 45.1 Å². The Morgan fingerprint density at radius 3 is 2.15 bits per heavy atom. The van der Waals surface area contributed by atoms with Gasteiger partial charge in [-0.05, 0) is 53.5 Å². The van der Waals surface area contributed by atoms with Crippen LogP contribution in [0.3, 0.4) is 0 Å². The van der Waals surface area contributed by atoms with Crippen LogP contribution in [0.4, 0.5) is 0 Å². The highest BCUT2D eigenvalue weighted by atomic mass is 16.5. The van der Waals surface area contributed by atoms with Crippen LogP contribution in [-0.2, 0) is 9.47 Å². The molecule has 20 heavy (non-hydrogen) atoms. The molecule has 2 rings (SSSR count). The van der Waals surface area contributed by atoms with E-state index in [2.05, 4.69) is 25.8 Å². The van der Waals surface area contributed by atoms with Crippen LogP contribution in [0, 0.1) is 11.8 Å². The van der Waals surface area contributed by atoms with E-state index < -0.39 is 11.7 Å². The van der Waals surface area contributed by atoms with Gasteiger partial charge in [0.15, 0.2) is 0 Å². The van der Waals surface area contributed by atoms with Crippen LogP contribution in [0.15, 0.2) is 0 Å². The molecule has 2 heterocycles. The lowest BCUT2D eigenvalue weighted by Crippen LogP contribution is -2.43. The molecule has 0 radical (unpaired) electrons. The molecule has 4 nitrogen and oxygen atoms in total. The van der Waals surface area contributed by atoms with Crippen LogP contribution in [0.1, 0.15) is 40.5 Å². The number of rotatable bonds is 4. The zero-order valence-corrected chi connectivity index (χ0v) is 13.7. The summed E-state index contributed by atoms with van der Waals surface area (Å²) in [7, 11) is 2.16. The largest absolute Gasteiger partial charge is 0.390 e. The molecule has 2 unspecified atom stereocenters. The van der Waals surface area contributed by atoms with E-state index >= 15 is 0 Å². The Morgan fingerprint density at radius 1 is 1.05 bits per heavy atom. The van der Waals surface area contributed by atoms with Gasteiger partial charge >= 0.3 is 0 Å². The van der Waals surface area contributed by atoms with Crippen molar-refractivity contribution in [2.24, 2.45) is 11.8 Å². The van der Waals surface area contributed by atoms with E-state index in [1.54, 1.807) is 0 Å². The second-order valence-electron chi connectivity index (χ2n) is 7.64. The minimum absolute atomic E-state index is 0.155. The van der Waals surface area contributed by atoms with Crippen LogP contribution >= 0.6 is 0 Å². The Bertz CT molecular complexity index is 324. The molecule has 2 aliphatic heterocycles. The second-order valence-corrected chi connectivity index (χ2v) is 7.64. The summed E-state index contributed by atoms with van der Waals surface area (Å²) in [5.41, 5.74) is -0.722. The molecule has 0 aromatic heterocycles. The van der Waals surface area contributed by atoms with E-state index in [0.29, 0.717) is 0 Å². The molecule has 0 aromatic carbocycles. The third-order valence-electron chi connectivity index (χ3n) is 4.93. The lowest BCUT2D eigenvalue weighted by atomic mass is 9.84. The van der Waals surface area contributed by atoms with Crippen molar-refractivity contribution in [2.45, 2.75) is 57.8 Å². The number of hydrogen-bond acceptors (Lipinski definition) is 4. The van der Waals surface area contributed by atoms with E-state index in [4.69, 9.17) is 9.47 Å². The summed E-state index contributed by atoms with van der Waals surface area (Å²) < 4.78 is 11.5. The van der Waals surface area contributed by atoms with Crippen molar-refractivity contribution in [2.75, 3.05) is 33.4 Å². The number of ether oxygens (including phenoxy) is 2. The first-order chi connectivity index (χ1) is 9.22. The molecule has 1 N–H and O–H groups in total. The van der Waals surface area contributed by atoms with Crippen molar-refractivity contribution >= 4 is 0 Å². The third-order valence-corrected chi connectivity index (χ3v) is 4.93. The van der Waals surface area contributed by atoms with Gasteiger partial charge in [-0.3, -0.25) is 0 Å². The molecule has 0 amide bonds. The Labute approximate surface area is 123 Å². The number of hydrogen-bond donors (Lipinski definition) is 1. The van der Waals surface area contributed by atoms with Gasteiger partial charge in [0.1, 0.15) is 0 Å². The summed E-state index contributed by atoms with van der Waals surface area (Å²) in [6.07, 6.45) is 1.90. The SMILES string of the molecule is CN(CC1CCOCC1)CC1C(O)C(C)(C)OC1(C)C. The average molecular weight is 285 g/mol. The number of nitrogens with zero attached hydrogens (tertiary/aromatic N) is 1. The van der Waals surface area contributed by atoms with Crippen LogP contribution in [0.2, 0.25) is 0 Å². The van der Waals surface area contributed by atoms with Gasteiger partial charge in [0.05, 0.1) is 17.3 Å². The van der Waals surface area contributed by atoms with Gasteiger partial charge < -0.3 is 19.5 Å². The highest BCUT2D eigenvalue weighted by Gasteiger charge is 2.53. The van der Waals surface area contributed by atoms with Crippen LogP contribution in [0.25, 0.3) is 0 Å². The van der Waals surface area contributed by atoms with Gasteiger partial charge in [0.25, 0.3) is 0 Å². The molecular weight excluding hydrogens is 254 g/mol. The smallest absolute Gasteiger partial charge is 0.0896 e. The molecular formula is C16H31NO3. The highest BCUT2D eigenvalue weighted by Crippen LogP contribution is 2.42. The Balaban J connectivity index is 1.91. The molecule has 2 saturated heterocycles. The standard InChI is InChI=1S/C16H31NO3/c1-15(2)13(14(18)16(3,4)20-15)11-17(5)10-12-6-8-19-9-7-12/h12-14,18H,6-11H2,1-5H3. The van der Waals surface area contributed by atoms with Gasteiger partial charge in [-0.2, -0.15) is 0 Å². The zero-order valence-electron chi connectivity index (χ0n) is 13.7. The fourth-order valence-corrected chi connectivity index (χ4v) is 3.78. The quantitative estimate of drug-likeness (QED) is 0.857. The predicted octanol–water partition coefficient (Wildman–Crippen LogP) is 1.91. The fourth-order valence-electron chi connectivity index (χ4n) is 3.78. The van der Waals surface area contributed by atoms with Crippen molar-refractivity contribution in [1.82, 2.24) is 4.90 Å². The average Bonchev–Trinajstić information content (AvgIpc) is 2.49. The Kier molecular flexibility index (Phi) is 4.80. The monoisotopic (exact) mass is 285 g/mol. The summed E-state index contributed by atoms with van der Waals surface area (Å²) in [5, 5.41) is 10.5. The summed E-state index contributed by atoms with van der Waals surface area (Å²) in [5.74, 6) is 0.881. The lowest BCUT2D eigenvalue weighted by molar-refractivity contribution is -0.0913. The topological polar surface area (TPSA) is 41.9 Å². The molecule has 2 atom stereocenters. The third kappa shape index (κ3) is 3.53. The van der Waals surface area contributed by atoms with Crippen molar-refractivity contribution in [3.8, 4) is 0 Å². The molecule has 118 valence electrons. The normalized spacial score (nSPS) is 33.8. The zero-order chi connectivity index (χ0) is 15.0. The van der Waals surface area contributed by atoms with Gasteiger partial charge in [-0.25, -0.2) is 0 Å². The first-order valence-corrected chi connectivity index (χ1v) is 7.87. The van der Waals surface area contributed by atoms with Gasteiger partial charge in [-0.1, -0.05) is 0 Å². The van der Waals surface area contributed by atoms with E-state index in [1.165, 1.54) is 0 Å². The Morgan fingerprint density at radius 2 is 1.65 bits per heavy atom. The minimum atomic E-state index is -0.451. The van der Waals surface area contributed by atoms with Gasteiger partial charge in [0, 0.05) is 32.2 Å². The summed E-state index contributed by atoms with van der Waals surface area (Å²) in [6.45, 7) is 11.9. The summed E-state index contributed by atoms with van der Waals surface area (Å²) in [6, 6.07) is 0. The molecule has 0 spiro atoms. The molecule has 4 heteroatoms. The van der Waals surface area contributed by atoms with E-state index in [1.807, 2.05) is 13.8 Å². The predicted molar refractivity (Wildman–Crippen MR) is 79.8 cm³/mol. The molecule has 2 aliphatic rings. The van der Waals surface area contributed by atoms with Crippen molar-refractivity contribution in [3.05, 3.63) is 0 Å². The maximum absolute atomic E-state index is 10.5. The van der Waals surface area contributed by atoms with Crippen LogP contribution in [0.5, 0.6) is 0 Å². The van der Waals surface area contributed by atoms with Crippen molar-refractivity contribution < 1.29 is 14.6 Å². The molecule has 0 bridgehead atoms. The van der Waals surface area contributed by atoms with E-state index in [-0.39, 0.29) is 11.5 Å². The van der Waals surface area contributed by atoms with E-state index in [9.17, 15) is 5.11 Å². The number of aliphatic hydroxyl groups is 1. The number of aliphatic hydroxyl groups excluding tert-OH is 1. The van der Waals surface area contributed by atoms with Crippen molar-refractivity contribution in [1.29, 1.82) is 0 Å². The first kappa shape index (κ1) is 16.2. The molecule has 0 saturated carbocycles. The lowest BCUT2D eigenvalue weighted by Gasteiger charge is -2.33. The summed E-state index contributed by atoms with van der Waals surface area (Å²) >= 11 is 0. The Hall–Kier alpha value is -0.160. The van der Waals surface area contributed by atoms with Crippen LogP contribution < -0.4 is 0 Å². The maximum atomic E-state index is 10.5. The molecule has 0 aliphatic carbocycles. The fraction of sp³-hybridized carbons (Fsp3) is 1.00. The van der Waals surface area contributed by atoms with Gasteiger partial charge in [0.2, 0.25) is 0 Å². The molecule has 0 aromatic rings. The van der Waals surface area contributed by atoms with Crippen molar-refractivity contribution in [3.63, 3.8) is 0 Å².